The van der Waals surface area contributed by atoms with E-state index in [9.17, 15) is 12.8 Å². The summed E-state index contributed by atoms with van der Waals surface area (Å²) < 4.78 is 45.3. The van der Waals surface area contributed by atoms with Gasteiger partial charge in [-0.05, 0) is 31.0 Å². The van der Waals surface area contributed by atoms with Gasteiger partial charge in [-0.1, -0.05) is 0 Å². The molecule has 0 saturated carbocycles. The van der Waals surface area contributed by atoms with Gasteiger partial charge < -0.3 is 9.84 Å². The largest absolute Gasteiger partial charge is 0.392 e. The fraction of sp³-hybridized carbons (Fsp3) is 0.538. The molecule has 1 aromatic carbocycles. The van der Waals surface area contributed by atoms with Crippen molar-refractivity contribution in [2.24, 2.45) is 0 Å². The first-order chi connectivity index (χ1) is 9.46. The Morgan fingerprint density at radius 3 is 2.80 bits per heavy atom. The van der Waals surface area contributed by atoms with E-state index in [1.54, 1.807) is 0 Å². The van der Waals surface area contributed by atoms with Gasteiger partial charge in [-0.15, -0.1) is 0 Å². The Morgan fingerprint density at radius 1 is 1.35 bits per heavy atom. The number of aliphatic hydroxyl groups excluding tert-OH is 1. The zero-order valence-corrected chi connectivity index (χ0v) is 12.1. The maximum atomic E-state index is 13.7. The molecule has 0 aliphatic carbocycles. The molecule has 1 aromatic rings. The monoisotopic (exact) mass is 303 g/mol. The predicted molar refractivity (Wildman–Crippen MR) is 71.3 cm³/mol. The summed E-state index contributed by atoms with van der Waals surface area (Å²) in [5.74, 6) is -0.564. The van der Waals surface area contributed by atoms with Crippen LogP contribution in [0.3, 0.4) is 0 Å². The molecular formula is C13H18FNO4S. The third-order valence-corrected chi connectivity index (χ3v) is 5.17. The number of hydrogen-bond acceptors (Lipinski definition) is 4. The second-order valence-electron chi connectivity index (χ2n) is 4.74. The summed E-state index contributed by atoms with van der Waals surface area (Å²) in [4.78, 5) is 0.0161. The Balaban J connectivity index is 2.40. The number of ether oxygens (including phenoxy) is 1. The summed E-state index contributed by atoms with van der Waals surface area (Å²) in [7, 11) is -3.68. The van der Waals surface area contributed by atoms with Crippen LogP contribution in [0.1, 0.15) is 17.5 Å². The number of nitrogens with zero attached hydrogens (tertiary/aromatic N) is 1. The molecule has 20 heavy (non-hydrogen) atoms. The molecule has 0 atom stereocenters. The zero-order valence-electron chi connectivity index (χ0n) is 11.3. The van der Waals surface area contributed by atoms with Crippen molar-refractivity contribution in [1.82, 2.24) is 4.31 Å². The molecule has 1 aliphatic heterocycles. The number of sulfonamides is 1. The van der Waals surface area contributed by atoms with Crippen LogP contribution < -0.4 is 0 Å². The molecule has 7 heteroatoms. The van der Waals surface area contributed by atoms with E-state index >= 15 is 0 Å². The van der Waals surface area contributed by atoms with E-state index in [0.717, 1.165) is 0 Å². The van der Waals surface area contributed by atoms with E-state index in [2.05, 4.69) is 0 Å². The standard InChI is InChI=1S/C13H18FNO4S/c1-10-7-12(8-11(9-16)13(10)14)20(17,18)15-3-2-5-19-6-4-15/h7-8,16H,2-6,9H2,1H3. The molecule has 5 nitrogen and oxygen atoms in total. The maximum Gasteiger partial charge on any atom is 0.243 e. The lowest BCUT2D eigenvalue weighted by Gasteiger charge is -2.20. The van der Waals surface area contributed by atoms with Gasteiger partial charge in [0.2, 0.25) is 10.0 Å². The second kappa shape index (κ2) is 6.17. The smallest absolute Gasteiger partial charge is 0.243 e. The van der Waals surface area contributed by atoms with Crippen molar-refractivity contribution < 1.29 is 22.7 Å². The number of halogens is 1. The molecule has 0 aromatic heterocycles. The van der Waals surface area contributed by atoms with Gasteiger partial charge >= 0.3 is 0 Å². The van der Waals surface area contributed by atoms with Crippen LogP contribution in [0.5, 0.6) is 0 Å². The number of hydrogen-bond donors (Lipinski definition) is 1. The molecule has 2 rings (SSSR count). The van der Waals surface area contributed by atoms with Crippen LogP contribution in [0.2, 0.25) is 0 Å². The Morgan fingerprint density at radius 2 is 2.10 bits per heavy atom. The second-order valence-corrected chi connectivity index (χ2v) is 6.68. The van der Waals surface area contributed by atoms with Crippen molar-refractivity contribution in [1.29, 1.82) is 0 Å². The van der Waals surface area contributed by atoms with Crippen molar-refractivity contribution in [3.05, 3.63) is 29.1 Å². The van der Waals surface area contributed by atoms with E-state index in [0.29, 0.717) is 26.2 Å². The quantitative estimate of drug-likeness (QED) is 0.906. The van der Waals surface area contributed by atoms with Gasteiger partial charge in [-0.2, -0.15) is 4.31 Å². The fourth-order valence-electron chi connectivity index (χ4n) is 2.18. The summed E-state index contributed by atoms with van der Waals surface area (Å²) in [6.45, 7) is 2.52. The van der Waals surface area contributed by atoms with E-state index in [1.807, 2.05) is 0 Å². The first-order valence-corrected chi connectivity index (χ1v) is 7.88. The molecule has 1 heterocycles. The number of aliphatic hydroxyl groups is 1. The Labute approximate surface area is 118 Å². The van der Waals surface area contributed by atoms with Crippen LogP contribution >= 0.6 is 0 Å². The fourth-order valence-corrected chi connectivity index (χ4v) is 3.78. The van der Waals surface area contributed by atoms with E-state index in [4.69, 9.17) is 9.84 Å². The predicted octanol–water partition coefficient (Wildman–Crippen LogP) is 1.04. The van der Waals surface area contributed by atoms with Crippen molar-refractivity contribution >= 4 is 10.0 Å². The summed E-state index contributed by atoms with van der Waals surface area (Å²) >= 11 is 0. The van der Waals surface area contributed by atoms with Crippen molar-refractivity contribution in [3.8, 4) is 0 Å². The minimum atomic E-state index is -3.68. The van der Waals surface area contributed by atoms with E-state index < -0.39 is 22.4 Å². The molecule has 0 bridgehead atoms. The highest BCUT2D eigenvalue weighted by atomic mass is 32.2. The first-order valence-electron chi connectivity index (χ1n) is 6.44. The highest BCUT2D eigenvalue weighted by Crippen LogP contribution is 2.23. The van der Waals surface area contributed by atoms with Gasteiger partial charge in [0.1, 0.15) is 5.82 Å². The highest BCUT2D eigenvalue weighted by molar-refractivity contribution is 7.89. The van der Waals surface area contributed by atoms with Crippen molar-refractivity contribution in [2.75, 3.05) is 26.3 Å². The van der Waals surface area contributed by atoms with Gasteiger partial charge in [0.15, 0.2) is 0 Å². The van der Waals surface area contributed by atoms with Crippen LogP contribution in [0.25, 0.3) is 0 Å². The molecule has 1 N–H and O–H groups in total. The minimum absolute atomic E-state index is 0.00496. The average molecular weight is 303 g/mol. The number of rotatable bonds is 3. The number of benzene rings is 1. The normalized spacial score (nSPS) is 17.9. The topological polar surface area (TPSA) is 66.8 Å². The minimum Gasteiger partial charge on any atom is -0.392 e. The van der Waals surface area contributed by atoms with Crippen LogP contribution in [-0.4, -0.2) is 44.1 Å². The molecule has 1 fully saturated rings. The first kappa shape index (κ1) is 15.4. The molecule has 0 unspecified atom stereocenters. The molecule has 0 amide bonds. The third-order valence-electron chi connectivity index (χ3n) is 3.29. The van der Waals surface area contributed by atoms with Crippen molar-refractivity contribution in [3.63, 3.8) is 0 Å². The molecular weight excluding hydrogens is 285 g/mol. The zero-order chi connectivity index (χ0) is 14.8. The van der Waals surface area contributed by atoms with Gasteiger partial charge in [0.25, 0.3) is 0 Å². The summed E-state index contributed by atoms with van der Waals surface area (Å²) in [5, 5.41) is 9.12. The van der Waals surface area contributed by atoms with Crippen molar-refractivity contribution in [2.45, 2.75) is 24.8 Å². The Bertz CT molecular complexity index is 580. The van der Waals surface area contributed by atoms with Crippen LogP contribution in [0.15, 0.2) is 17.0 Å². The lowest BCUT2D eigenvalue weighted by molar-refractivity contribution is 0.148. The SMILES string of the molecule is Cc1cc(S(=O)(=O)N2CCCOCC2)cc(CO)c1F. The molecule has 112 valence electrons. The summed E-state index contributed by atoms with van der Waals surface area (Å²) in [6, 6.07) is 2.50. The lowest BCUT2D eigenvalue weighted by atomic mass is 10.1. The molecule has 1 aliphatic rings. The third kappa shape index (κ3) is 3.01. The molecule has 1 saturated heterocycles. The summed E-state index contributed by atoms with van der Waals surface area (Å²) in [5.41, 5.74) is 0.204. The van der Waals surface area contributed by atoms with Crippen LogP contribution in [0, 0.1) is 12.7 Å². The Hall–Kier alpha value is -1.02. The number of aryl methyl sites for hydroxylation is 1. The Kier molecular flexibility index (Phi) is 4.74. The molecule has 0 radical (unpaired) electrons. The van der Waals surface area contributed by atoms with Gasteiger partial charge in [0, 0.05) is 25.3 Å². The average Bonchev–Trinajstić information content (AvgIpc) is 2.71. The lowest BCUT2D eigenvalue weighted by Crippen LogP contribution is -2.33. The van der Waals surface area contributed by atoms with Gasteiger partial charge in [-0.25, -0.2) is 12.8 Å². The van der Waals surface area contributed by atoms with Gasteiger partial charge in [0.05, 0.1) is 18.1 Å². The highest BCUT2D eigenvalue weighted by Gasteiger charge is 2.26. The maximum absolute atomic E-state index is 13.7. The van der Waals surface area contributed by atoms with E-state index in [-0.39, 0.29) is 22.6 Å². The molecule has 0 spiro atoms. The van der Waals surface area contributed by atoms with Gasteiger partial charge in [-0.3, -0.25) is 0 Å². The van der Waals surface area contributed by atoms with Crippen LogP contribution in [0.4, 0.5) is 4.39 Å². The van der Waals surface area contributed by atoms with E-state index in [1.165, 1.54) is 23.4 Å². The summed E-state index contributed by atoms with van der Waals surface area (Å²) in [6.07, 6.45) is 0.631. The van der Waals surface area contributed by atoms with Crippen LogP contribution in [-0.2, 0) is 21.4 Å².